The van der Waals surface area contributed by atoms with Gasteiger partial charge in [0.2, 0.25) is 0 Å². The zero-order valence-electron chi connectivity index (χ0n) is 19.8. The van der Waals surface area contributed by atoms with E-state index in [1.54, 1.807) is 18.2 Å². The van der Waals surface area contributed by atoms with E-state index in [1.807, 2.05) is 23.5 Å². The number of carbonyl (C=O) groups is 2. The Morgan fingerprint density at radius 2 is 1.81 bits per heavy atom. The molecule has 9 nitrogen and oxygen atoms in total. The lowest BCUT2D eigenvalue weighted by molar-refractivity contribution is -0.123. The Balaban J connectivity index is 1.68. The van der Waals surface area contributed by atoms with Crippen molar-refractivity contribution in [2.45, 2.75) is 19.0 Å². The van der Waals surface area contributed by atoms with E-state index in [2.05, 4.69) is 22.2 Å². The number of alkyl halides is 3. The zero-order chi connectivity index (χ0) is 26.7. The molecule has 2 N–H and O–H groups in total. The van der Waals surface area contributed by atoms with Crippen LogP contribution in [-0.2, 0) is 0 Å². The fourth-order valence-corrected chi connectivity index (χ4v) is 3.08. The molecule has 1 aromatic heterocycles. The average Bonchev–Trinajstić information content (AvgIpc) is 3.38. The fraction of sp³-hybridized carbons (Fsp3) is 0.280. The number of amides is 2. The molecule has 0 aliphatic heterocycles. The van der Waals surface area contributed by atoms with Crippen LogP contribution >= 0.6 is 0 Å². The van der Waals surface area contributed by atoms with E-state index in [4.69, 9.17) is 9.47 Å². The maximum Gasteiger partial charge on any atom is 0.405 e. The Bertz CT molecular complexity index is 1200. The predicted octanol–water partition coefficient (Wildman–Crippen LogP) is 3.71. The van der Waals surface area contributed by atoms with Gasteiger partial charge in [0, 0.05) is 5.56 Å². The van der Waals surface area contributed by atoms with Crippen LogP contribution in [0.2, 0.25) is 0 Å². The summed E-state index contributed by atoms with van der Waals surface area (Å²) < 4.78 is 50.0. The summed E-state index contributed by atoms with van der Waals surface area (Å²) in [5.74, 6) is -0.508. The first-order valence-corrected chi connectivity index (χ1v) is 11.4. The summed E-state index contributed by atoms with van der Waals surface area (Å²) in [5.41, 5.74) is 0.359. The topological polar surface area (TPSA) is 107 Å². The van der Waals surface area contributed by atoms with Gasteiger partial charge in [0.15, 0.2) is 5.69 Å². The Morgan fingerprint density at radius 3 is 2.54 bits per heavy atom. The van der Waals surface area contributed by atoms with Crippen LogP contribution in [0.1, 0.15) is 33.7 Å². The molecule has 0 atom stereocenters. The zero-order valence-corrected chi connectivity index (χ0v) is 19.8. The van der Waals surface area contributed by atoms with Gasteiger partial charge in [0.1, 0.15) is 30.3 Å². The van der Waals surface area contributed by atoms with E-state index < -0.39 is 24.5 Å². The Labute approximate surface area is 211 Å². The van der Waals surface area contributed by atoms with Gasteiger partial charge < -0.3 is 20.1 Å². The van der Waals surface area contributed by atoms with E-state index in [9.17, 15) is 22.8 Å². The van der Waals surface area contributed by atoms with Crippen LogP contribution < -0.4 is 20.1 Å². The fourth-order valence-electron chi connectivity index (χ4n) is 3.08. The molecule has 2 amide bonds. The lowest BCUT2D eigenvalue weighted by Gasteiger charge is -2.13. The molecule has 37 heavy (non-hydrogen) atoms. The van der Waals surface area contributed by atoms with E-state index in [0.29, 0.717) is 24.3 Å². The first kappa shape index (κ1) is 27.2. The highest BCUT2D eigenvalue weighted by molar-refractivity contribution is 5.95. The van der Waals surface area contributed by atoms with Crippen LogP contribution in [0.15, 0.2) is 67.4 Å². The largest absolute Gasteiger partial charge is 0.492 e. The van der Waals surface area contributed by atoms with Crippen molar-refractivity contribution in [3.8, 4) is 17.2 Å². The summed E-state index contributed by atoms with van der Waals surface area (Å²) in [6, 6.07) is 13.3. The van der Waals surface area contributed by atoms with Crippen LogP contribution in [0.25, 0.3) is 5.69 Å². The Hall–Kier alpha value is -4.35. The van der Waals surface area contributed by atoms with Crippen LogP contribution in [0.5, 0.6) is 11.5 Å². The van der Waals surface area contributed by atoms with Crippen molar-refractivity contribution in [1.82, 2.24) is 25.6 Å². The molecule has 12 heteroatoms. The molecule has 3 aromatic rings. The van der Waals surface area contributed by atoms with Crippen molar-refractivity contribution >= 4 is 11.8 Å². The molecule has 0 radical (unpaired) electrons. The highest BCUT2D eigenvalue weighted by atomic mass is 19.4. The van der Waals surface area contributed by atoms with Gasteiger partial charge in [-0.05, 0) is 43.2 Å². The smallest absolute Gasteiger partial charge is 0.405 e. The van der Waals surface area contributed by atoms with Crippen molar-refractivity contribution < 1.29 is 32.2 Å². The number of hydrogen-bond acceptors (Lipinski definition) is 6. The summed E-state index contributed by atoms with van der Waals surface area (Å²) in [5, 5.41) is 12.3. The highest BCUT2D eigenvalue weighted by Gasteiger charge is 2.28. The maximum absolute atomic E-state index is 12.5. The lowest BCUT2D eigenvalue weighted by Crippen LogP contribution is -2.33. The van der Waals surface area contributed by atoms with Gasteiger partial charge in [0.25, 0.3) is 11.8 Å². The molecule has 0 saturated carbocycles. The molecule has 3 rings (SSSR count). The lowest BCUT2D eigenvalue weighted by atomic mass is 10.1. The summed E-state index contributed by atoms with van der Waals surface area (Å²) in [4.78, 5) is 24.7. The van der Waals surface area contributed by atoms with E-state index >= 15 is 0 Å². The minimum absolute atomic E-state index is 0.0248. The van der Waals surface area contributed by atoms with E-state index in [-0.39, 0.29) is 36.8 Å². The maximum atomic E-state index is 12.5. The van der Waals surface area contributed by atoms with Gasteiger partial charge in [-0.15, -0.1) is 11.7 Å². The number of aromatic nitrogens is 3. The third-order valence-electron chi connectivity index (χ3n) is 4.85. The summed E-state index contributed by atoms with van der Waals surface area (Å²) in [6.45, 7) is 2.93. The number of hydrogen-bond donors (Lipinski definition) is 2. The van der Waals surface area contributed by atoms with Gasteiger partial charge in [-0.1, -0.05) is 29.5 Å². The third kappa shape index (κ3) is 8.67. The normalized spacial score (nSPS) is 11.0. The monoisotopic (exact) mass is 517 g/mol. The second-order valence-corrected chi connectivity index (χ2v) is 7.73. The number of rotatable bonds is 13. The number of halogens is 3. The molecule has 0 bridgehead atoms. The number of unbranched alkanes of at least 4 members (excludes halogenated alkanes) is 1. The number of carbonyl (C=O) groups excluding carboxylic acids is 2. The van der Waals surface area contributed by atoms with Crippen LogP contribution in [0.3, 0.4) is 0 Å². The van der Waals surface area contributed by atoms with Gasteiger partial charge in [-0.2, -0.15) is 13.2 Å². The molecule has 0 aliphatic rings. The quantitative estimate of drug-likeness (QED) is 0.264. The predicted molar refractivity (Wildman–Crippen MR) is 129 cm³/mol. The standard InChI is InChI=1S/C25H26F3N5O4/c1-2-3-7-13-37-22-15-18(23(34)30-17-25(26,27)28)10-11-21(22)33-16-20(31-32-33)24(35)29-12-14-36-19-8-5-4-6-9-19/h2,4-6,8-11,15-16H,1,3,7,12-14,17H2,(H,29,35)(H,30,34). The molecular formula is C25H26F3N5O4. The van der Waals surface area contributed by atoms with Crippen molar-refractivity contribution in [2.24, 2.45) is 0 Å². The summed E-state index contributed by atoms with van der Waals surface area (Å²) in [7, 11) is 0. The number of nitrogens with one attached hydrogen (secondary N) is 2. The molecule has 0 aliphatic carbocycles. The van der Waals surface area contributed by atoms with Crippen molar-refractivity contribution in [3.05, 3.63) is 78.6 Å². The number of nitrogens with zero attached hydrogens (tertiary/aromatic N) is 3. The number of ether oxygens (including phenoxy) is 2. The van der Waals surface area contributed by atoms with Crippen molar-refractivity contribution in [3.63, 3.8) is 0 Å². The summed E-state index contributed by atoms with van der Waals surface area (Å²) in [6.07, 6.45) is -0.127. The average molecular weight is 518 g/mol. The minimum atomic E-state index is -4.54. The SMILES string of the molecule is C=CCCCOc1cc(C(=O)NCC(F)(F)F)ccc1-n1cc(C(=O)NCCOc2ccccc2)nn1. The third-order valence-corrected chi connectivity index (χ3v) is 4.85. The van der Waals surface area contributed by atoms with Gasteiger partial charge in [-0.3, -0.25) is 9.59 Å². The molecule has 0 unspecified atom stereocenters. The molecule has 1 heterocycles. The first-order valence-electron chi connectivity index (χ1n) is 11.4. The first-order chi connectivity index (χ1) is 17.8. The molecule has 0 fully saturated rings. The number of benzene rings is 2. The van der Waals surface area contributed by atoms with Gasteiger partial charge in [-0.25, -0.2) is 4.68 Å². The Kier molecular flexibility index (Phi) is 9.64. The summed E-state index contributed by atoms with van der Waals surface area (Å²) >= 11 is 0. The van der Waals surface area contributed by atoms with E-state index in [1.165, 1.54) is 29.1 Å². The molecular weight excluding hydrogens is 491 g/mol. The van der Waals surface area contributed by atoms with Crippen LogP contribution in [0.4, 0.5) is 13.2 Å². The van der Waals surface area contributed by atoms with Crippen LogP contribution in [-0.4, -0.2) is 59.3 Å². The van der Waals surface area contributed by atoms with Crippen molar-refractivity contribution in [1.29, 1.82) is 0 Å². The highest BCUT2D eigenvalue weighted by Crippen LogP contribution is 2.25. The minimum Gasteiger partial charge on any atom is -0.492 e. The Morgan fingerprint density at radius 1 is 1.03 bits per heavy atom. The van der Waals surface area contributed by atoms with Crippen LogP contribution in [0, 0.1) is 0 Å². The second-order valence-electron chi connectivity index (χ2n) is 7.73. The van der Waals surface area contributed by atoms with Gasteiger partial charge in [0.05, 0.1) is 19.3 Å². The number of para-hydroxylation sites is 1. The van der Waals surface area contributed by atoms with Crippen molar-refractivity contribution in [2.75, 3.05) is 26.3 Å². The number of allylic oxidation sites excluding steroid dienone is 1. The molecule has 0 spiro atoms. The second kappa shape index (κ2) is 13.1. The van der Waals surface area contributed by atoms with E-state index in [0.717, 1.165) is 0 Å². The van der Waals surface area contributed by atoms with Gasteiger partial charge >= 0.3 is 6.18 Å². The molecule has 0 saturated heterocycles. The molecule has 196 valence electrons. The molecule has 2 aromatic carbocycles.